The van der Waals surface area contributed by atoms with Crippen molar-refractivity contribution in [2.75, 3.05) is 24.5 Å². The van der Waals surface area contributed by atoms with Crippen molar-refractivity contribution < 1.29 is 14.0 Å². The second kappa shape index (κ2) is 8.13. The lowest BCUT2D eigenvalue weighted by Gasteiger charge is -2.37. The number of carbonyl (C=O) groups is 2. The number of anilines is 1. The van der Waals surface area contributed by atoms with Crippen LogP contribution in [0.25, 0.3) is 5.57 Å². The average molecular weight is 405 g/mol. The summed E-state index contributed by atoms with van der Waals surface area (Å²) in [7, 11) is 0. The molecule has 156 valence electrons. The smallest absolute Gasteiger partial charge is 0.230 e. The molecule has 0 N–H and O–H groups in total. The fourth-order valence-electron chi connectivity index (χ4n) is 5.30. The molecule has 2 aromatic rings. The van der Waals surface area contributed by atoms with Crippen LogP contribution in [-0.4, -0.2) is 36.3 Å². The minimum atomic E-state index is -0.213. The van der Waals surface area contributed by atoms with Crippen molar-refractivity contribution in [3.05, 3.63) is 60.1 Å². The van der Waals surface area contributed by atoms with Crippen LogP contribution < -0.4 is 4.90 Å². The van der Waals surface area contributed by atoms with E-state index in [9.17, 15) is 9.59 Å². The van der Waals surface area contributed by atoms with E-state index in [2.05, 4.69) is 12.1 Å². The maximum Gasteiger partial charge on any atom is 0.230 e. The van der Waals surface area contributed by atoms with Crippen molar-refractivity contribution in [1.29, 1.82) is 0 Å². The third-order valence-electron chi connectivity index (χ3n) is 6.85. The van der Waals surface area contributed by atoms with Gasteiger partial charge in [0.25, 0.3) is 0 Å². The molecular weight excluding hydrogens is 376 g/mol. The molecule has 3 heterocycles. The largest absolute Gasteiger partial charge is 0.465 e. The second-order valence-electron chi connectivity index (χ2n) is 8.62. The number of hydrogen-bond donors (Lipinski definition) is 0. The molecule has 5 nitrogen and oxygen atoms in total. The molecule has 5 heteroatoms. The Morgan fingerprint density at radius 1 is 0.933 bits per heavy atom. The average Bonchev–Trinajstić information content (AvgIpc) is 3.48. The van der Waals surface area contributed by atoms with Crippen molar-refractivity contribution in [2.45, 2.75) is 38.5 Å². The molecule has 0 unspecified atom stereocenters. The van der Waals surface area contributed by atoms with Crippen molar-refractivity contribution >= 4 is 23.1 Å². The lowest BCUT2D eigenvalue weighted by atomic mass is 9.77. The number of carbonyl (C=O) groups excluding carboxylic acids is 2. The summed E-state index contributed by atoms with van der Waals surface area (Å²) in [5.74, 6) is 0.678. The number of rotatable bonds is 3. The quantitative estimate of drug-likeness (QED) is 0.767. The molecule has 1 saturated carbocycles. The van der Waals surface area contributed by atoms with Gasteiger partial charge in [-0.3, -0.25) is 9.59 Å². The maximum atomic E-state index is 13.5. The first kappa shape index (κ1) is 19.2. The van der Waals surface area contributed by atoms with E-state index in [0.717, 1.165) is 62.1 Å². The first-order chi connectivity index (χ1) is 14.7. The van der Waals surface area contributed by atoms with Crippen LogP contribution in [0.2, 0.25) is 0 Å². The third-order valence-corrected chi connectivity index (χ3v) is 6.85. The molecule has 5 rings (SSSR count). The van der Waals surface area contributed by atoms with Crippen LogP contribution >= 0.6 is 0 Å². The van der Waals surface area contributed by atoms with E-state index in [1.165, 1.54) is 5.56 Å². The van der Waals surface area contributed by atoms with Crippen LogP contribution in [0.5, 0.6) is 0 Å². The summed E-state index contributed by atoms with van der Waals surface area (Å²) in [5, 5.41) is 0. The molecule has 2 atom stereocenters. The minimum absolute atomic E-state index is 0.136. The minimum Gasteiger partial charge on any atom is -0.465 e. The number of hydrogen-bond acceptors (Lipinski definition) is 3. The number of fused-ring (bicyclic) bond motifs is 1. The second-order valence-corrected chi connectivity index (χ2v) is 8.62. The highest BCUT2D eigenvalue weighted by atomic mass is 16.3. The van der Waals surface area contributed by atoms with E-state index >= 15 is 0 Å². The first-order valence-corrected chi connectivity index (χ1v) is 11.1. The summed E-state index contributed by atoms with van der Waals surface area (Å²) in [6, 6.07) is 12.0. The molecule has 0 saturated heterocycles. The lowest BCUT2D eigenvalue weighted by molar-refractivity contribution is -0.142. The predicted molar refractivity (Wildman–Crippen MR) is 116 cm³/mol. The van der Waals surface area contributed by atoms with Gasteiger partial charge in [-0.2, -0.15) is 0 Å². The Morgan fingerprint density at radius 2 is 1.73 bits per heavy atom. The van der Waals surface area contributed by atoms with E-state index in [0.29, 0.717) is 13.1 Å². The Kier molecular flexibility index (Phi) is 5.19. The third kappa shape index (κ3) is 3.47. The van der Waals surface area contributed by atoms with Crippen LogP contribution in [0, 0.1) is 11.8 Å². The van der Waals surface area contributed by atoms with Gasteiger partial charge in [0, 0.05) is 36.8 Å². The number of amides is 2. The van der Waals surface area contributed by atoms with E-state index in [1.807, 2.05) is 40.1 Å². The van der Waals surface area contributed by atoms with E-state index < -0.39 is 0 Å². The summed E-state index contributed by atoms with van der Waals surface area (Å²) >= 11 is 0. The van der Waals surface area contributed by atoms with Gasteiger partial charge in [-0.05, 0) is 49.4 Å². The van der Waals surface area contributed by atoms with Gasteiger partial charge in [0.1, 0.15) is 5.76 Å². The van der Waals surface area contributed by atoms with E-state index in [-0.39, 0.29) is 23.7 Å². The van der Waals surface area contributed by atoms with Gasteiger partial charge in [0.05, 0.1) is 12.2 Å². The molecule has 0 bridgehead atoms. The molecule has 1 fully saturated rings. The summed E-state index contributed by atoms with van der Waals surface area (Å²) in [6.45, 7) is 2.01. The normalized spacial score (nSPS) is 23.8. The van der Waals surface area contributed by atoms with Gasteiger partial charge in [-0.15, -0.1) is 0 Å². The van der Waals surface area contributed by atoms with Gasteiger partial charge >= 0.3 is 0 Å². The Morgan fingerprint density at radius 3 is 2.53 bits per heavy atom. The zero-order valence-corrected chi connectivity index (χ0v) is 17.3. The number of para-hydroxylation sites is 1. The molecular formula is C25H28N2O3. The number of benzene rings is 1. The highest BCUT2D eigenvalue weighted by Crippen LogP contribution is 2.37. The zero-order chi connectivity index (χ0) is 20.5. The highest BCUT2D eigenvalue weighted by molar-refractivity contribution is 5.99. The van der Waals surface area contributed by atoms with E-state index in [4.69, 9.17) is 4.42 Å². The summed E-state index contributed by atoms with van der Waals surface area (Å²) in [6.07, 6.45) is 9.21. The van der Waals surface area contributed by atoms with Gasteiger partial charge in [0.15, 0.2) is 0 Å². The molecule has 1 aromatic heterocycles. The first-order valence-electron chi connectivity index (χ1n) is 11.1. The molecule has 0 spiro atoms. The van der Waals surface area contributed by atoms with Gasteiger partial charge in [-0.1, -0.05) is 37.1 Å². The monoisotopic (exact) mass is 404 g/mol. The Bertz CT molecular complexity index is 963. The molecule has 3 aliphatic rings. The predicted octanol–water partition coefficient (Wildman–Crippen LogP) is 4.29. The van der Waals surface area contributed by atoms with Crippen LogP contribution in [0.15, 0.2) is 53.2 Å². The van der Waals surface area contributed by atoms with Crippen LogP contribution in [0.4, 0.5) is 5.69 Å². The fourth-order valence-corrected chi connectivity index (χ4v) is 5.30. The van der Waals surface area contributed by atoms with Crippen LogP contribution in [-0.2, 0) is 16.0 Å². The standard InChI is InChI=1S/C25H28N2O3/c28-24(26-14-5-8-19(17-26)23-12-6-16-30-23)20-9-2-3-10-21(20)25(29)27-15-13-18-7-1-4-11-22(18)27/h1,4,6-8,11-12,16,20-21H,2-3,5,9-10,13-15,17H2/t20-,21+/m1/s1. The van der Waals surface area contributed by atoms with E-state index in [1.54, 1.807) is 6.26 Å². The maximum absolute atomic E-state index is 13.5. The van der Waals surface area contributed by atoms with Crippen LogP contribution in [0.3, 0.4) is 0 Å². The summed E-state index contributed by atoms with van der Waals surface area (Å²) < 4.78 is 5.54. The van der Waals surface area contributed by atoms with Gasteiger partial charge < -0.3 is 14.2 Å². The Balaban J connectivity index is 1.33. The Hall–Kier alpha value is -2.82. The molecule has 1 aromatic carbocycles. The lowest BCUT2D eigenvalue weighted by Crippen LogP contribution is -2.47. The summed E-state index contributed by atoms with van der Waals surface area (Å²) in [4.78, 5) is 30.9. The molecule has 30 heavy (non-hydrogen) atoms. The Labute approximate surface area is 177 Å². The summed E-state index contributed by atoms with van der Waals surface area (Å²) in [5.41, 5.74) is 3.32. The number of nitrogens with zero attached hydrogens (tertiary/aromatic N) is 2. The zero-order valence-electron chi connectivity index (χ0n) is 17.3. The number of furan rings is 1. The molecule has 2 aliphatic heterocycles. The fraction of sp³-hybridized carbons (Fsp3) is 0.440. The van der Waals surface area contributed by atoms with Crippen molar-refractivity contribution in [1.82, 2.24) is 4.90 Å². The van der Waals surface area contributed by atoms with Crippen molar-refractivity contribution in [3.8, 4) is 0 Å². The highest BCUT2D eigenvalue weighted by Gasteiger charge is 2.41. The van der Waals surface area contributed by atoms with Gasteiger partial charge in [0.2, 0.25) is 11.8 Å². The van der Waals surface area contributed by atoms with Crippen molar-refractivity contribution in [2.24, 2.45) is 11.8 Å². The molecule has 2 amide bonds. The van der Waals surface area contributed by atoms with Crippen molar-refractivity contribution in [3.63, 3.8) is 0 Å². The molecule has 1 aliphatic carbocycles. The SMILES string of the molecule is O=C([C@@H]1CCCC[C@@H]1C(=O)N1CCc2ccccc21)N1CCC=C(c2ccco2)C1. The van der Waals surface area contributed by atoms with Gasteiger partial charge in [-0.25, -0.2) is 0 Å². The molecule has 0 radical (unpaired) electrons. The van der Waals surface area contributed by atoms with Crippen LogP contribution in [0.1, 0.15) is 43.4 Å². The topological polar surface area (TPSA) is 53.8 Å².